The largest absolute Gasteiger partial charge is 0.338 e. The number of amides is 2. The summed E-state index contributed by atoms with van der Waals surface area (Å²) in [6, 6.07) is -0.00169. The summed E-state index contributed by atoms with van der Waals surface area (Å²) in [6.45, 7) is 5.96. The molecule has 3 heteroatoms. The third-order valence-electron chi connectivity index (χ3n) is 3.15. The lowest BCUT2D eigenvalue weighted by atomic mass is 10.0. The minimum absolute atomic E-state index is 0.00169. The first-order valence-corrected chi connectivity index (χ1v) is 5.74. The molecule has 1 aliphatic rings. The van der Waals surface area contributed by atoms with Crippen LogP contribution in [0.25, 0.3) is 0 Å². The van der Waals surface area contributed by atoms with Crippen LogP contribution in [0.2, 0.25) is 0 Å². The van der Waals surface area contributed by atoms with E-state index in [0.29, 0.717) is 5.41 Å². The van der Waals surface area contributed by atoms with Crippen LogP contribution in [0.1, 0.15) is 46.0 Å². The molecule has 1 rings (SSSR count). The van der Waals surface area contributed by atoms with Gasteiger partial charge in [-0.15, -0.1) is 0 Å². The first-order chi connectivity index (χ1) is 6.72. The van der Waals surface area contributed by atoms with E-state index >= 15 is 0 Å². The fourth-order valence-corrected chi connectivity index (χ4v) is 1.54. The summed E-state index contributed by atoms with van der Waals surface area (Å²) >= 11 is 0. The van der Waals surface area contributed by atoms with Gasteiger partial charge in [0, 0.05) is 13.1 Å². The molecule has 2 amide bonds. The molecule has 1 aliphatic carbocycles. The van der Waals surface area contributed by atoms with Crippen molar-refractivity contribution in [2.24, 2.45) is 5.41 Å². The smallest absolute Gasteiger partial charge is 0.314 e. The zero-order valence-corrected chi connectivity index (χ0v) is 9.36. The molecule has 0 aromatic rings. The van der Waals surface area contributed by atoms with Crippen molar-refractivity contribution >= 4 is 6.03 Å². The van der Waals surface area contributed by atoms with Crippen LogP contribution in [0, 0.1) is 5.41 Å². The van der Waals surface area contributed by atoms with Crippen molar-refractivity contribution in [1.29, 1.82) is 0 Å². The predicted molar refractivity (Wildman–Crippen MR) is 58.3 cm³/mol. The number of rotatable bonds is 6. The number of carbonyl (C=O) groups excluding carboxylic acids is 1. The lowest BCUT2D eigenvalue weighted by Crippen LogP contribution is -2.39. The summed E-state index contributed by atoms with van der Waals surface area (Å²) < 4.78 is 0. The highest BCUT2D eigenvalue weighted by molar-refractivity contribution is 5.73. The number of unbranched alkanes of at least 4 members (excludes halogenated alkanes) is 1. The Morgan fingerprint density at radius 2 is 2.00 bits per heavy atom. The highest BCUT2D eigenvalue weighted by Gasteiger charge is 2.40. The molecule has 0 saturated heterocycles. The summed E-state index contributed by atoms with van der Waals surface area (Å²) in [5, 5.41) is 5.80. The minimum Gasteiger partial charge on any atom is -0.338 e. The van der Waals surface area contributed by atoms with Crippen molar-refractivity contribution in [1.82, 2.24) is 10.6 Å². The SMILES string of the molecule is CCCCNC(=O)NCC1(CC)CC1. The zero-order valence-electron chi connectivity index (χ0n) is 9.36. The maximum atomic E-state index is 11.3. The molecule has 0 aliphatic heterocycles. The summed E-state index contributed by atoms with van der Waals surface area (Å²) in [4.78, 5) is 11.3. The van der Waals surface area contributed by atoms with Crippen molar-refractivity contribution in [3.05, 3.63) is 0 Å². The van der Waals surface area contributed by atoms with Crippen molar-refractivity contribution in [3.63, 3.8) is 0 Å². The molecule has 0 aromatic carbocycles. The summed E-state index contributed by atoms with van der Waals surface area (Å²) in [5.74, 6) is 0. The first-order valence-electron chi connectivity index (χ1n) is 5.74. The van der Waals surface area contributed by atoms with E-state index in [1.807, 2.05) is 0 Å². The van der Waals surface area contributed by atoms with Crippen molar-refractivity contribution in [2.45, 2.75) is 46.0 Å². The average Bonchev–Trinajstić information content (AvgIpc) is 2.96. The molecular weight excluding hydrogens is 176 g/mol. The van der Waals surface area contributed by atoms with Crippen molar-refractivity contribution < 1.29 is 4.79 Å². The molecule has 0 bridgehead atoms. The van der Waals surface area contributed by atoms with Crippen LogP contribution in [-0.2, 0) is 0 Å². The number of nitrogens with one attached hydrogen (secondary N) is 2. The van der Waals surface area contributed by atoms with Crippen LogP contribution in [0.3, 0.4) is 0 Å². The van der Waals surface area contributed by atoms with E-state index in [9.17, 15) is 4.79 Å². The Morgan fingerprint density at radius 3 is 2.50 bits per heavy atom. The van der Waals surface area contributed by atoms with Gasteiger partial charge in [0.05, 0.1) is 0 Å². The Balaban J connectivity index is 2.03. The van der Waals surface area contributed by atoms with Gasteiger partial charge in [-0.2, -0.15) is 0 Å². The zero-order chi connectivity index (χ0) is 10.4. The molecular formula is C11H22N2O. The quantitative estimate of drug-likeness (QED) is 0.632. The molecule has 14 heavy (non-hydrogen) atoms. The van der Waals surface area contributed by atoms with Gasteiger partial charge >= 0.3 is 6.03 Å². The second-order valence-corrected chi connectivity index (χ2v) is 4.32. The molecule has 0 spiro atoms. The van der Waals surface area contributed by atoms with E-state index in [0.717, 1.165) is 25.9 Å². The molecule has 0 radical (unpaired) electrons. The Hall–Kier alpha value is -0.730. The van der Waals surface area contributed by atoms with E-state index in [1.54, 1.807) is 0 Å². The standard InChI is InChI=1S/C11H22N2O/c1-3-5-8-12-10(14)13-9-11(4-2)6-7-11/h3-9H2,1-2H3,(H2,12,13,14). The van der Waals surface area contributed by atoms with E-state index in [2.05, 4.69) is 24.5 Å². The van der Waals surface area contributed by atoms with Gasteiger partial charge in [-0.3, -0.25) is 0 Å². The summed E-state index contributed by atoms with van der Waals surface area (Å²) in [5.41, 5.74) is 0.447. The van der Waals surface area contributed by atoms with Crippen LogP contribution in [0.4, 0.5) is 4.79 Å². The maximum absolute atomic E-state index is 11.3. The highest BCUT2D eigenvalue weighted by Crippen LogP contribution is 2.47. The lowest BCUT2D eigenvalue weighted by molar-refractivity contribution is 0.237. The number of carbonyl (C=O) groups is 1. The van der Waals surface area contributed by atoms with Crippen LogP contribution in [-0.4, -0.2) is 19.1 Å². The van der Waals surface area contributed by atoms with Crippen molar-refractivity contribution in [2.75, 3.05) is 13.1 Å². The molecule has 0 unspecified atom stereocenters. The number of urea groups is 1. The minimum atomic E-state index is -0.00169. The van der Waals surface area contributed by atoms with Crippen molar-refractivity contribution in [3.8, 4) is 0 Å². The van der Waals surface area contributed by atoms with Crippen LogP contribution >= 0.6 is 0 Å². The molecule has 2 N–H and O–H groups in total. The fraction of sp³-hybridized carbons (Fsp3) is 0.909. The molecule has 0 heterocycles. The normalized spacial score (nSPS) is 17.6. The Bertz CT molecular complexity index is 188. The average molecular weight is 198 g/mol. The van der Waals surface area contributed by atoms with E-state index in [1.165, 1.54) is 19.3 Å². The number of hydrogen-bond donors (Lipinski definition) is 2. The van der Waals surface area contributed by atoms with Gasteiger partial charge in [-0.25, -0.2) is 4.79 Å². The molecule has 1 saturated carbocycles. The van der Waals surface area contributed by atoms with Gasteiger partial charge in [-0.1, -0.05) is 20.3 Å². The predicted octanol–water partition coefficient (Wildman–Crippen LogP) is 2.28. The van der Waals surface area contributed by atoms with E-state index in [-0.39, 0.29) is 6.03 Å². The van der Waals surface area contributed by atoms with Gasteiger partial charge in [0.1, 0.15) is 0 Å². The molecule has 1 fully saturated rings. The van der Waals surface area contributed by atoms with Crippen LogP contribution < -0.4 is 10.6 Å². The Labute approximate surface area is 86.6 Å². The topological polar surface area (TPSA) is 41.1 Å². The summed E-state index contributed by atoms with van der Waals surface area (Å²) in [6.07, 6.45) is 5.92. The number of hydrogen-bond acceptors (Lipinski definition) is 1. The molecule has 82 valence electrons. The molecule has 3 nitrogen and oxygen atoms in total. The monoisotopic (exact) mass is 198 g/mol. The fourth-order valence-electron chi connectivity index (χ4n) is 1.54. The molecule has 0 atom stereocenters. The van der Waals surface area contributed by atoms with E-state index < -0.39 is 0 Å². The highest BCUT2D eigenvalue weighted by atomic mass is 16.2. The summed E-state index contributed by atoms with van der Waals surface area (Å²) in [7, 11) is 0. The van der Waals surface area contributed by atoms with E-state index in [4.69, 9.17) is 0 Å². The maximum Gasteiger partial charge on any atom is 0.314 e. The Morgan fingerprint density at radius 1 is 1.29 bits per heavy atom. The van der Waals surface area contributed by atoms with Gasteiger partial charge in [0.2, 0.25) is 0 Å². The second-order valence-electron chi connectivity index (χ2n) is 4.32. The van der Waals surface area contributed by atoms with Gasteiger partial charge in [0.25, 0.3) is 0 Å². The second kappa shape index (κ2) is 5.23. The third-order valence-corrected chi connectivity index (χ3v) is 3.15. The van der Waals surface area contributed by atoms with Gasteiger partial charge < -0.3 is 10.6 Å². The van der Waals surface area contributed by atoms with Crippen LogP contribution in [0.5, 0.6) is 0 Å². The lowest BCUT2D eigenvalue weighted by Gasteiger charge is -2.13. The molecule has 0 aromatic heterocycles. The third kappa shape index (κ3) is 3.56. The van der Waals surface area contributed by atoms with Crippen LogP contribution in [0.15, 0.2) is 0 Å². The Kier molecular flexibility index (Phi) is 4.23. The first kappa shape index (κ1) is 11.3. The van der Waals surface area contributed by atoms with Gasteiger partial charge in [-0.05, 0) is 31.1 Å². The van der Waals surface area contributed by atoms with Gasteiger partial charge in [0.15, 0.2) is 0 Å².